The lowest BCUT2D eigenvalue weighted by Gasteiger charge is -2.36. The average molecular weight is 428 g/mol. The number of fused-ring (bicyclic) bond motifs is 1. The van der Waals surface area contributed by atoms with Gasteiger partial charge in [-0.1, -0.05) is 0 Å². The molecule has 0 radical (unpaired) electrons. The van der Waals surface area contributed by atoms with E-state index in [0.29, 0.717) is 42.9 Å². The van der Waals surface area contributed by atoms with Crippen molar-refractivity contribution in [1.29, 1.82) is 0 Å². The summed E-state index contributed by atoms with van der Waals surface area (Å²) in [5, 5.41) is 15.4. The van der Waals surface area contributed by atoms with Crippen LogP contribution in [0, 0.1) is 0 Å². The van der Waals surface area contributed by atoms with E-state index in [0.717, 1.165) is 0 Å². The van der Waals surface area contributed by atoms with E-state index in [1.807, 2.05) is 0 Å². The van der Waals surface area contributed by atoms with Gasteiger partial charge in [0.2, 0.25) is 6.79 Å². The fraction of sp³-hybridized carbons (Fsp3) is 0.429. The molecule has 2 aliphatic heterocycles. The Kier molecular flexibility index (Phi) is 6.58. The molecule has 0 saturated carbocycles. The zero-order valence-electron chi connectivity index (χ0n) is 16.8. The van der Waals surface area contributed by atoms with Gasteiger partial charge < -0.3 is 30.0 Å². The van der Waals surface area contributed by atoms with Crippen LogP contribution in [0.5, 0.6) is 11.5 Å². The maximum absolute atomic E-state index is 12.4. The molecule has 10 heteroatoms. The predicted octanol–water partition coefficient (Wildman–Crippen LogP) is 0.664. The van der Waals surface area contributed by atoms with Crippen LogP contribution in [-0.4, -0.2) is 65.1 Å². The summed E-state index contributed by atoms with van der Waals surface area (Å²) in [4.78, 5) is 32.5. The van der Waals surface area contributed by atoms with E-state index in [2.05, 4.69) is 20.6 Å². The minimum atomic E-state index is -0.524. The van der Waals surface area contributed by atoms with Gasteiger partial charge in [-0.3, -0.25) is 14.6 Å². The monoisotopic (exact) mass is 428 g/mol. The zero-order valence-corrected chi connectivity index (χ0v) is 16.8. The number of hydrogen-bond donors (Lipinski definition) is 3. The second-order valence-electron chi connectivity index (χ2n) is 7.34. The van der Waals surface area contributed by atoms with Crippen molar-refractivity contribution in [3.8, 4) is 11.5 Å². The number of nitrogens with zero attached hydrogens (tertiary/aromatic N) is 2. The number of nitrogens with one attached hydrogen (secondary N) is 2. The molecule has 1 aromatic carbocycles. The van der Waals surface area contributed by atoms with Gasteiger partial charge in [-0.2, -0.15) is 0 Å². The van der Waals surface area contributed by atoms with Crippen molar-refractivity contribution >= 4 is 11.8 Å². The van der Waals surface area contributed by atoms with Crippen molar-refractivity contribution in [3.63, 3.8) is 0 Å². The molecule has 3 N–H and O–H groups in total. The fourth-order valence-corrected chi connectivity index (χ4v) is 3.65. The van der Waals surface area contributed by atoms with E-state index < -0.39 is 6.10 Å². The highest BCUT2D eigenvalue weighted by Gasteiger charge is 2.32. The van der Waals surface area contributed by atoms with Crippen LogP contribution in [-0.2, 0) is 4.74 Å². The number of aliphatic hydroxyl groups excluding tert-OH is 1. The van der Waals surface area contributed by atoms with Crippen molar-refractivity contribution < 1.29 is 28.9 Å². The standard InChI is InChI=1S/C21H24N4O6/c26-11-19-15(25-21(28)16-10-22-7-8-23-16)3-2-14(31-19)5-6-24-20(27)13-1-4-17-18(9-13)30-12-29-17/h1,4,7-10,14-15,19,26H,2-3,5-6,11-12H2,(H,24,27)(H,25,28)/t14-,15-,19+/m1/s1. The molecule has 3 atom stereocenters. The van der Waals surface area contributed by atoms with Crippen LogP contribution < -0.4 is 20.1 Å². The highest BCUT2D eigenvalue weighted by atomic mass is 16.7. The quantitative estimate of drug-likeness (QED) is 0.586. The number of hydrogen-bond acceptors (Lipinski definition) is 8. The van der Waals surface area contributed by atoms with E-state index in [1.54, 1.807) is 18.2 Å². The lowest BCUT2D eigenvalue weighted by atomic mass is 9.97. The fourth-order valence-electron chi connectivity index (χ4n) is 3.65. The second kappa shape index (κ2) is 9.71. The lowest BCUT2D eigenvalue weighted by molar-refractivity contribution is -0.0893. The molecule has 31 heavy (non-hydrogen) atoms. The first-order valence-corrected chi connectivity index (χ1v) is 10.1. The van der Waals surface area contributed by atoms with Gasteiger partial charge in [0, 0.05) is 24.5 Å². The Morgan fingerprint density at radius 3 is 2.81 bits per heavy atom. The number of aromatic nitrogens is 2. The topological polar surface area (TPSA) is 132 Å². The molecule has 1 saturated heterocycles. The van der Waals surface area contributed by atoms with Crippen LogP contribution in [0.25, 0.3) is 0 Å². The van der Waals surface area contributed by atoms with Crippen molar-refractivity contribution in [3.05, 3.63) is 48.0 Å². The largest absolute Gasteiger partial charge is 0.454 e. The molecule has 164 valence electrons. The summed E-state index contributed by atoms with van der Waals surface area (Å²) in [5.41, 5.74) is 0.710. The Hall–Kier alpha value is -3.24. The average Bonchev–Trinajstić information content (AvgIpc) is 3.28. The van der Waals surface area contributed by atoms with Crippen LogP contribution >= 0.6 is 0 Å². The number of ether oxygens (including phenoxy) is 3. The van der Waals surface area contributed by atoms with Crippen molar-refractivity contribution in [1.82, 2.24) is 20.6 Å². The highest BCUT2D eigenvalue weighted by molar-refractivity contribution is 5.95. The Morgan fingerprint density at radius 2 is 2.00 bits per heavy atom. The van der Waals surface area contributed by atoms with E-state index in [-0.39, 0.29) is 43.1 Å². The summed E-state index contributed by atoms with van der Waals surface area (Å²) < 4.78 is 16.5. The SMILES string of the molecule is O=C(NCC[C@H]1CC[C@@H](NC(=O)c2cnccn2)[C@H](CO)O1)c1ccc2c(c1)OCO2. The smallest absolute Gasteiger partial charge is 0.271 e. The summed E-state index contributed by atoms with van der Waals surface area (Å²) in [7, 11) is 0. The third kappa shape index (κ3) is 5.09. The third-order valence-electron chi connectivity index (χ3n) is 5.29. The van der Waals surface area contributed by atoms with E-state index in [9.17, 15) is 14.7 Å². The number of carbonyl (C=O) groups is 2. The maximum Gasteiger partial charge on any atom is 0.271 e. The molecular weight excluding hydrogens is 404 g/mol. The maximum atomic E-state index is 12.4. The highest BCUT2D eigenvalue weighted by Crippen LogP contribution is 2.32. The van der Waals surface area contributed by atoms with Gasteiger partial charge in [0.15, 0.2) is 11.5 Å². The molecule has 1 fully saturated rings. The first-order chi connectivity index (χ1) is 15.1. The number of aliphatic hydroxyl groups is 1. The lowest BCUT2D eigenvalue weighted by Crippen LogP contribution is -2.51. The minimum Gasteiger partial charge on any atom is -0.454 e. The normalized spacial score (nSPS) is 22.0. The summed E-state index contributed by atoms with van der Waals surface area (Å²) >= 11 is 0. The molecule has 3 heterocycles. The molecule has 0 unspecified atom stereocenters. The summed E-state index contributed by atoms with van der Waals surface area (Å²) in [6.45, 7) is 0.365. The van der Waals surface area contributed by atoms with E-state index in [4.69, 9.17) is 14.2 Å². The third-order valence-corrected chi connectivity index (χ3v) is 5.29. The van der Waals surface area contributed by atoms with Crippen molar-refractivity contribution in [2.24, 2.45) is 0 Å². The summed E-state index contributed by atoms with van der Waals surface area (Å²) in [6, 6.07) is 4.73. The number of carbonyl (C=O) groups excluding carboxylic acids is 2. The Balaban J connectivity index is 1.23. The number of rotatable bonds is 7. The van der Waals surface area contributed by atoms with E-state index >= 15 is 0 Å². The predicted molar refractivity (Wildman–Crippen MR) is 108 cm³/mol. The molecule has 4 rings (SSSR count). The van der Waals surface area contributed by atoms with Gasteiger partial charge in [-0.25, -0.2) is 4.98 Å². The van der Waals surface area contributed by atoms with Crippen LogP contribution in [0.2, 0.25) is 0 Å². The molecule has 10 nitrogen and oxygen atoms in total. The van der Waals surface area contributed by atoms with Crippen LogP contribution in [0.15, 0.2) is 36.8 Å². The Bertz CT molecular complexity index is 925. The van der Waals surface area contributed by atoms with Crippen LogP contribution in [0.4, 0.5) is 0 Å². The molecule has 2 aromatic rings. The molecule has 2 aliphatic rings. The summed E-state index contributed by atoms with van der Waals surface area (Å²) in [6.07, 6.45) is 5.62. The van der Waals surface area contributed by atoms with Gasteiger partial charge in [-0.05, 0) is 37.5 Å². The van der Waals surface area contributed by atoms with Gasteiger partial charge in [0.25, 0.3) is 11.8 Å². The molecule has 2 amide bonds. The second-order valence-corrected chi connectivity index (χ2v) is 7.34. The Morgan fingerprint density at radius 1 is 1.13 bits per heavy atom. The Labute approximate surface area is 178 Å². The first-order valence-electron chi connectivity index (χ1n) is 10.1. The summed E-state index contributed by atoms with van der Waals surface area (Å²) in [5.74, 6) is 0.628. The van der Waals surface area contributed by atoms with Crippen molar-refractivity contribution in [2.45, 2.75) is 37.5 Å². The number of amides is 2. The number of benzene rings is 1. The van der Waals surface area contributed by atoms with Gasteiger partial charge in [0.05, 0.1) is 24.9 Å². The van der Waals surface area contributed by atoms with E-state index in [1.165, 1.54) is 18.6 Å². The minimum absolute atomic E-state index is 0.126. The van der Waals surface area contributed by atoms with Gasteiger partial charge in [-0.15, -0.1) is 0 Å². The first kappa shape index (κ1) is 21.0. The van der Waals surface area contributed by atoms with Crippen LogP contribution in [0.1, 0.15) is 40.1 Å². The molecule has 0 aliphatic carbocycles. The molecular formula is C21H24N4O6. The zero-order chi connectivity index (χ0) is 21.6. The van der Waals surface area contributed by atoms with Crippen molar-refractivity contribution in [2.75, 3.05) is 19.9 Å². The molecule has 0 spiro atoms. The molecule has 1 aromatic heterocycles. The van der Waals surface area contributed by atoms with Gasteiger partial charge in [0.1, 0.15) is 11.8 Å². The van der Waals surface area contributed by atoms with Crippen LogP contribution in [0.3, 0.4) is 0 Å². The molecule has 0 bridgehead atoms. The van der Waals surface area contributed by atoms with Gasteiger partial charge >= 0.3 is 0 Å².